The molecule has 1 aromatic heterocycles. The third-order valence-corrected chi connectivity index (χ3v) is 4.06. The molecule has 0 aliphatic carbocycles. The molecule has 0 radical (unpaired) electrons. The number of hydrogen-bond donors (Lipinski definition) is 1. The van der Waals surface area contributed by atoms with Gasteiger partial charge in [-0.05, 0) is 52.0 Å². The Hall–Kier alpha value is -0.970. The van der Waals surface area contributed by atoms with Gasteiger partial charge in [-0.2, -0.15) is 0 Å². The molecule has 2 unspecified atom stereocenters. The van der Waals surface area contributed by atoms with Crippen molar-refractivity contribution in [3.8, 4) is 0 Å². The summed E-state index contributed by atoms with van der Waals surface area (Å²) >= 11 is 0. The van der Waals surface area contributed by atoms with Gasteiger partial charge in [0.05, 0.1) is 5.69 Å². The second-order valence-corrected chi connectivity index (χ2v) is 5.62. The minimum Gasteiger partial charge on any atom is -0.330 e. The maximum absolute atomic E-state index is 5.80. The highest BCUT2D eigenvalue weighted by molar-refractivity contribution is 5.04. The van der Waals surface area contributed by atoms with Gasteiger partial charge in [0.15, 0.2) is 0 Å². The van der Waals surface area contributed by atoms with Crippen molar-refractivity contribution < 1.29 is 0 Å². The second-order valence-electron chi connectivity index (χ2n) is 5.62. The summed E-state index contributed by atoms with van der Waals surface area (Å²) in [4.78, 5) is 9.47. The van der Waals surface area contributed by atoms with Crippen LogP contribution in [0.25, 0.3) is 0 Å². The number of likely N-dealkylation sites (N-methyl/N-ethyl adjacent to an activating group) is 1. The number of aromatic nitrogens is 1. The van der Waals surface area contributed by atoms with Gasteiger partial charge in [0, 0.05) is 31.4 Å². The van der Waals surface area contributed by atoms with Gasteiger partial charge in [-0.25, -0.2) is 0 Å². The van der Waals surface area contributed by atoms with Crippen LogP contribution in [0, 0.1) is 0 Å². The van der Waals surface area contributed by atoms with Crippen LogP contribution < -0.4 is 5.73 Å². The summed E-state index contributed by atoms with van der Waals surface area (Å²) in [5, 5.41) is 0. The molecule has 1 aromatic rings. The highest BCUT2D eigenvalue weighted by atomic mass is 15.3. The molecule has 2 heterocycles. The smallest absolute Gasteiger partial charge is 0.0544 e. The van der Waals surface area contributed by atoms with Crippen molar-refractivity contribution in [1.29, 1.82) is 0 Å². The number of nitrogens with zero attached hydrogens (tertiary/aromatic N) is 3. The summed E-state index contributed by atoms with van der Waals surface area (Å²) in [7, 11) is 2.21. The Bertz CT molecular complexity index is 368. The molecule has 2 atom stereocenters. The van der Waals surface area contributed by atoms with Crippen LogP contribution in [-0.2, 0) is 6.54 Å². The molecule has 1 fully saturated rings. The first kappa shape index (κ1) is 14.4. The van der Waals surface area contributed by atoms with Gasteiger partial charge in [-0.1, -0.05) is 6.07 Å². The first-order valence-electron chi connectivity index (χ1n) is 7.25. The van der Waals surface area contributed by atoms with Crippen molar-refractivity contribution in [2.75, 3.05) is 26.7 Å². The molecule has 4 nitrogen and oxygen atoms in total. The van der Waals surface area contributed by atoms with E-state index in [1.165, 1.54) is 13.0 Å². The predicted molar refractivity (Wildman–Crippen MR) is 78.8 cm³/mol. The van der Waals surface area contributed by atoms with E-state index in [2.05, 4.69) is 40.9 Å². The Labute approximate surface area is 116 Å². The topological polar surface area (TPSA) is 45.4 Å². The summed E-state index contributed by atoms with van der Waals surface area (Å²) in [5.41, 5.74) is 6.95. The van der Waals surface area contributed by atoms with Crippen molar-refractivity contribution in [1.82, 2.24) is 14.8 Å². The lowest BCUT2D eigenvalue weighted by Gasteiger charge is -2.34. The molecular formula is C15H26N4. The average Bonchev–Trinajstić information content (AvgIpc) is 2.54. The van der Waals surface area contributed by atoms with Gasteiger partial charge >= 0.3 is 0 Å². The molecule has 106 valence electrons. The Morgan fingerprint density at radius 3 is 2.95 bits per heavy atom. The van der Waals surface area contributed by atoms with Crippen molar-refractivity contribution in [3.63, 3.8) is 0 Å². The lowest BCUT2D eigenvalue weighted by atomic mass is 10.1. The molecule has 1 aliphatic heterocycles. The standard InChI is InChI=1S/C15H26N4/c1-13-7-10-18(2)12-15(6-8-16)19(13)11-14-5-3-4-9-17-14/h3-5,9,13,15H,6-8,10-12,16H2,1-2H3. The van der Waals surface area contributed by atoms with Gasteiger partial charge in [0.1, 0.15) is 0 Å². The fraction of sp³-hybridized carbons (Fsp3) is 0.667. The van der Waals surface area contributed by atoms with Crippen LogP contribution in [0.4, 0.5) is 0 Å². The molecule has 2 N–H and O–H groups in total. The van der Waals surface area contributed by atoms with Gasteiger partial charge in [0.25, 0.3) is 0 Å². The maximum Gasteiger partial charge on any atom is 0.0544 e. The summed E-state index contributed by atoms with van der Waals surface area (Å²) < 4.78 is 0. The SMILES string of the molecule is CC1CCN(C)CC(CCN)N1Cc1ccccn1. The van der Waals surface area contributed by atoms with Crippen LogP contribution in [-0.4, -0.2) is 53.5 Å². The molecule has 19 heavy (non-hydrogen) atoms. The van der Waals surface area contributed by atoms with E-state index in [0.717, 1.165) is 31.7 Å². The maximum atomic E-state index is 5.80. The van der Waals surface area contributed by atoms with E-state index in [-0.39, 0.29) is 0 Å². The summed E-state index contributed by atoms with van der Waals surface area (Å²) in [6, 6.07) is 7.27. The van der Waals surface area contributed by atoms with E-state index in [0.29, 0.717) is 12.1 Å². The number of hydrogen-bond acceptors (Lipinski definition) is 4. The monoisotopic (exact) mass is 262 g/mol. The fourth-order valence-electron chi connectivity index (χ4n) is 2.90. The summed E-state index contributed by atoms with van der Waals surface area (Å²) in [6.07, 6.45) is 4.15. The molecular weight excluding hydrogens is 236 g/mol. The Kier molecular flexibility index (Phi) is 5.31. The first-order chi connectivity index (χ1) is 9.20. The predicted octanol–water partition coefficient (Wildman–Crippen LogP) is 1.33. The molecule has 4 heteroatoms. The Balaban J connectivity index is 2.11. The zero-order chi connectivity index (χ0) is 13.7. The van der Waals surface area contributed by atoms with E-state index in [1.54, 1.807) is 0 Å². The minimum atomic E-state index is 0.537. The van der Waals surface area contributed by atoms with Gasteiger partial charge in [0.2, 0.25) is 0 Å². The average molecular weight is 262 g/mol. The number of nitrogens with two attached hydrogens (primary N) is 1. The molecule has 2 rings (SSSR count). The van der Waals surface area contributed by atoms with E-state index in [9.17, 15) is 0 Å². The third-order valence-electron chi connectivity index (χ3n) is 4.06. The summed E-state index contributed by atoms with van der Waals surface area (Å²) in [6.45, 7) is 6.28. The fourth-order valence-corrected chi connectivity index (χ4v) is 2.90. The van der Waals surface area contributed by atoms with Crippen LogP contribution >= 0.6 is 0 Å². The highest BCUT2D eigenvalue weighted by Crippen LogP contribution is 2.19. The second kappa shape index (κ2) is 6.98. The Morgan fingerprint density at radius 1 is 1.42 bits per heavy atom. The first-order valence-corrected chi connectivity index (χ1v) is 7.25. The van der Waals surface area contributed by atoms with Crippen molar-refractivity contribution in [2.45, 2.75) is 38.4 Å². The van der Waals surface area contributed by atoms with Gasteiger partial charge < -0.3 is 10.6 Å². The van der Waals surface area contributed by atoms with Crippen LogP contribution in [0.1, 0.15) is 25.5 Å². The van der Waals surface area contributed by atoms with Crippen molar-refractivity contribution in [2.24, 2.45) is 5.73 Å². The van der Waals surface area contributed by atoms with E-state index >= 15 is 0 Å². The molecule has 1 aliphatic rings. The quantitative estimate of drug-likeness (QED) is 0.889. The third kappa shape index (κ3) is 4.00. The lowest BCUT2D eigenvalue weighted by Crippen LogP contribution is -2.44. The van der Waals surface area contributed by atoms with Crippen LogP contribution in [0.5, 0.6) is 0 Å². The number of rotatable bonds is 4. The number of pyridine rings is 1. The molecule has 1 saturated heterocycles. The molecule has 0 bridgehead atoms. The zero-order valence-corrected chi connectivity index (χ0v) is 12.1. The van der Waals surface area contributed by atoms with Crippen molar-refractivity contribution >= 4 is 0 Å². The Morgan fingerprint density at radius 2 is 2.26 bits per heavy atom. The van der Waals surface area contributed by atoms with E-state index < -0.39 is 0 Å². The normalized spacial score (nSPS) is 26.3. The van der Waals surface area contributed by atoms with E-state index in [4.69, 9.17) is 5.73 Å². The zero-order valence-electron chi connectivity index (χ0n) is 12.1. The van der Waals surface area contributed by atoms with E-state index in [1.807, 2.05) is 12.3 Å². The molecule has 0 amide bonds. The summed E-state index contributed by atoms with van der Waals surface area (Å²) in [5.74, 6) is 0. The van der Waals surface area contributed by atoms with Crippen LogP contribution in [0.2, 0.25) is 0 Å². The molecule has 0 saturated carbocycles. The molecule has 0 aromatic carbocycles. The van der Waals surface area contributed by atoms with Crippen LogP contribution in [0.3, 0.4) is 0 Å². The minimum absolute atomic E-state index is 0.537. The molecule has 0 spiro atoms. The largest absolute Gasteiger partial charge is 0.330 e. The highest BCUT2D eigenvalue weighted by Gasteiger charge is 2.27. The van der Waals surface area contributed by atoms with Crippen LogP contribution in [0.15, 0.2) is 24.4 Å². The lowest BCUT2D eigenvalue weighted by molar-refractivity contribution is 0.128. The van der Waals surface area contributed by atoms with Gasteiger partial charge in [-0.3, -0.25) is 9.88 Å². The van der Waals surface area contributed by atoms with Crippen molar-refractivity contribution in [3.05, 3.63) is 30.1 Å². The van der Waals surface area contributed by atoms with Gasteiger partial charge in [-0.15, -0.1) is 0 Å².